The minimum absolute atomic E-state index is 0.0166. The normalized spacial score (nSPS) is 22.0. The highest BCUT2D eigenvalue weighted by Gasteiger charge is 2.42. The van der Waals surface area contributed by atoms with Crippen molar-refractivity contribution in [2.75, 3.05) is 49.7 Å². The van der Waals surface area contributed by atoms with E-state index in [9.17, 15) is 4.39 Å². The Bertz CT molecular complexity index is 1670. The Kier molecular flexibility index (Phi) is 7.37. The number of nitrogens with zero attached hydrogens (tertiary/aromatic N) is 6. The number of hydrogen-bond donors (Lipinski definition) is 0. The van der Waals surface area contributed by atoms with E-state index in [-0.39, 0.29) is 24.4 Å². The van der Waals surface area contributed by atoms with E-state index in [0.29, 0.717) is 23.3 Å². The number of hydrogen-bond acceptors (Lipinski definition) is 8. The zero-order valence-electron chi connectivity index (χ0n) is 24.4. The van der Waals surface area contributed by atoms with Crippen LogP contribution in [0.25, 0.3) is 11.0 Å². The van der Waals surface area contributed by atoms with Crippen molar-refractivity contribution in [3.05, 3.63) is 77.1 Å². The molecule has 3 aliphatic heterocycles. The molecular formula is C33H35FN6O3. The fourth-order valence-corrected chi connectivity index (χ4v) is 6.46. The van der Waals surface area contributed by atoms with Gasteiger partial charge in [-0.05, 0) is 49.2 Å². The van der Waals surface area contributed by atoms with E-state index in [1.807, 2.05) is 18.2 Å². The third kappa shape index (κ3) is 5.39. The Balaban J connectivity index is 1.04. The van der Waals surface area contributed by atoms with E-state index < -0.39 is 5.82 Å². The first kappa shape index (κ1) is 27.6. The monoisotopic (exact) mass is 582 g/mol. The van der Waals surface area contributed by atoms with Crippen LogP contribution in [-0.2, 0) is 22.6 Å². The number of pyridine rings is 1. The second-order valence-electron chi connectivity index (χ2n) is 11.8. The lowest BCUT2D eigenvalue weighted by Crippen LogP contribution is -2.34. The summed E-state index contributed by atoms with van der Waals surface area (Å²) in [5.41, 5.74) is 3.96. The van der Waals surface area contributed by atoms with Crippen molar-refractivity contribution in [3.8, 4) is 11.9 Å². The molecule has 0 radical (unpaired) electrons. The summed E-state index contributed by atoms with van der Waals surface area (Å²) < 4.78 is 33.9. The number of rotatable bonds is 9. The zero-order chi connectivity index (χ0) is 29.5. The Morgan fingerprint density at radius 2 is 1.84 bits per heavy atom. The lowest BCUT2D eigenvalue weighted by Gasteiger charge is -2.29. The average Bonchev–Trinajstić information content (AvgIpc) is 3.69. The highest BCUT2D eigenvalue weighted by Crippen LogP contribution is 2.37. The van der Waals surface area contributed by atoms with Crippen LogP contribution in [-0.4, -0.2) is 60.5 Å². The zero-order valence-corrected chi connectivity index (χ0v) is 24.4. The summed E-state index contributed by atoms with van der Waals surface area (Å²) in [6.07, 6.45) is 1.32. The smallest absolute Gasteiger partial charge is 0.215 e. The number of halogens is 1. The molecule has 0 N–H and O–H groups in total. The van der Waals surface area contributed by atoms with Gasteiger partial charge in [0.25, 0.3) is 0 Å². The molecule has 0 saturated carbocycles. The first-order chi connectivity index (χ1) is 21.0. The van der Waals surface area contributed by atoms with Crippen LogP contribution < -0.4 is 14.5 Å². The molecule has 0 bridgehead atoms. The number of nitriles is 1. The van der Waals surface area contributed by atoms with Crippen molar-refractivity contribution in [1.29, 1.82) is 5.26 Å². The fraction of sp³-hybridized carbons (Fsp3) is 0.424. The molecule has 9 nitrogen and oxygen atoms in total. The molecule has 2 aromatic heterocycles. The largest absolute Gasteiger partial charge is 0.473 e. The van der Waals surface area contributed by atoms with Gasteiger partial charge in [0.2, 0.25) is 11.8 Å². The van der Waals surface area contributed by atoms with Gasteiger partial charge < -0.3 is 28.6 Å². The lowest BCUT2D eigenvalue weighted by atomic mass is 10.0. The van der Waals surface area contributed by atoms with Gasteiger partial charge in [-0.15, -0.1) is 0 Å². The molecular weight excluding hydrogens is 547 g/mol. The Morgan fingerprint density at radius 3 is 2.53 bits per heavy atom. The molecule has 43 heavy (non-hydrogen) atoms. The van der Waals surface area contributed by atoms with E-state index >= 15 is 0 Å². The van der Waals surface area contributed by atoms with E-state index in [0.717, 1.165) is 74.1 Å². The van der Waals surface area contributed by atoms with Gasteiger partial charge in [-0.25, -0.2) is 9.37 Å². The molecule has 4 aromatic rings. The van der Waals surface area contributed by atoms with Crippen LogP contribution in [0.1, 0.15) is 36.1 Å². The Hall–Kier alpha value is -4.20. The highest BCUT2D eigenvalue weighted by atomic mass is 19.1. The van der Waals surface area contributed by atoms with E-state index in [4.69, 9.17) is 29.4 Å². The summed E-state index contributed by atoms with van der Waals surface area (Å²) in [5.74, 6) is 2.89. The predicted molar refractivity (Wildman–Crippen MR) is 161 cm³/mol. The molecule has 4 unspecified atom stereocenters. The fourth-order valence-electron chi connectivity index (χ4n) is 6.46. The summed E-state index contributed by atoms with van der Waals surface area (Å²) in [6.45, 7) is 7.43. The quantitative estimate of drug-likeness (QED) is 0.270. The highest BCUT2D eigenvalue weighted by molar-refractivity contribution is 5.80. The summed E-state index contributed by atoms with van der Waals surface area (Å²) >= 11 is 0. The van der Waals surface area contributed by atoms with Crippen molar-refractivity contribution in [3.63, 3.8) is 0 Å². The first-order valence-corrected chi connectivity index (χ1v) is 14.9. The minimum atomic E-state index is -0.453. The van der Waals surface area contributed by atoms with Crippen LogP contribution in [0.4, 0.5) is 16.2 Å². The summed E-state index contributed by atoms with van der Waals surface area (Å²) in [6, 6.07) is 18.5. The van der Waals surface area contributed by atoms with Gasteiger partial charge in [-0.1, -0.05) is 18.2 Å². The number of ether oxygens (including phenoxy) is 3. The van der Waals surface area contributed by atoms with Crippen molar-refractivity contribution in [1.82, 2.24) is 14.5 Å². The van der Waals surface area contributed by atoms with Crippen LogP contribution >= 0.6 is 0 Å². The van der Waals surface area contributed by atoms with Gasteiger partial charge in [0.05, 0.1) is 41.4 Å². The molecule has 10 heteroatoms. The van der Waals surface area contributed by atoms with Gasteiger partial charge in [0, 0.05) is 63.4 Å². The SMILES string of the molecule is COC(C)c1ccc2nc(N3CC4CN(c5cccc(OCc6ccc(C#N)cc6F)n5)CC4C3)n(CC3CCO3)c2c1. The third-order valence-electron chi connectivity index (χ3n) is 9.11. The average molecular weight is 583 g/mol. The lowest BCUT2D eigenvalue weighted by molar-refractivity contribution is -0.0584. The van der Waals surface area contributed by atoms with Crippen LogP contribution in [0.2, 0.25) is 0 Å². The minimum Gasteiger partial charge on any atom is -0.473 e. The second-order valence-corrected chi connectivity index (χ2v) is 11.8. The Morgan fingerprint density at radius 1 is 1.05 bits per heavy atom. The number of fused-ring (bicyclic) bond motifs is 2. The molecule has 3 fully saturated rings. The van der Waals surface area contributed by atoms with Crippen LogP contribution in [0.15, 0.2) is 54.6 Å². The van der Waals surface area contributed by atoms with E-state index in [2.05, 4.69) is 39.5 Å². The number of benzene rings is 2. The standard InChI is InChI=1S/C33H35FN6O3/c1-21(41-2)23-8-9-29-30(13-23)40(19-27-10-11-42-27)33(36-29)39-17-25-15-38(16-26(25)18-39)31-4-3-5-32(37-31)43-20-24-7-6-22(14-35)12-28(24)34/h3-9,12-13,21,25-27H,10-11,15-20H2,1-2H3. The molecule has 0 amide bonds. The van der Waals surface area contributed by atoms with E-state index in [1.54, 1.807) is 25.3 Å². The van der Waals surface area contributed by atoms with Crippen molar-refractivity contribution >= 4 is 22.8 Å². The number of imidazole rings is 1. The van der Waals surface area contributed by atoms with Gasteiger partial charge in [0.15, 0.2) is 0 Å². The maximum Gasteiger partial charge on any atom is 0.215 e. The van der Waals surface area contributed by atoms with Crippen molar-refractivity contribution in [2.24, 2.45) is 11.8 Å². The third-order valence-corrected chi connectivity index (χ3v) is 9.11. The van der Waals surface area contributed by atoms with E-state index in [1.165, 1.54) is 6.07 Å². The molecule has 2 aromatic carbocycles. The molecule has 4 atom stereocenters. The molecule has 222 valence electrons. The summed E-state index contributed by atoms with van der Waals surface area (Å²) in [4.78, 5) is 14.6. The first-order valence-electron chi connectivity index (χ1n) is 14.9. The molecule has 3 aliphatic rings. The molecule has 3 saturated heterocycles. The van der Waals surface area contributed by atoms with Gasteiger partial charge in [-0.2, -0.15) is 10.2 Å². The second kappa shape index (κ2) is 11.5. The molecule has 7 rings (SSSR count). The Labute approximate surface area is 250 Å². The van der Waals surface area contributed by atoms with Crippen LogP contribution in [0.5, 0.6) is 5.88 Å². The van der Waals surface area contributed by atoms with Crippen molar-refractivity contribution in [2.45, 2.75) is 38.7 Å². The topological polar surface area (TPSA) is 88.7 Å². The summed E-state index contributed by atoms with van der Waals surface area (Å²) in [7, 11) is 1.74. The summed E-state index contributed by atoms with van der Waals surface area (Å²) in [5, 5.41) is 8.97. The predicted octanol–water partition coefficient (Wildman–Crippen LogP) is 5.09. The van der Waals surface area contributed by atoms with Gasteiger partial charge >= 0.3 is 0 Å². The molecule has 0 aliphatic carbocycles. The maximum absolute atomic E-state index is 14.3. The van der Waals surface area contributed by atoms with Gasteiger partial charge in [0.1, 0.15) is 18.2 Å². The number of methoxy groups -OCH3 is 1. The van der Waals surface area contributed by atoms with Crippen molar-refractivity contribution < 1.29 is 18.6 Å². The van der Waals surface area contributed by atoms with Crippen LogP contribution in [0, 0.1) is 29.0 Å². The number of anilines is 2. The molecule has 0 spiro atoms. The molecule has 5 heterocycles. The maximum atomic E-state index is 14.3. The van der Waals surface area contributed by atoms with Crippen LogP contribution in [0.3, 0.4) is 0 Å². The van der Waals surface area contributed by atoms with Gasteiger partial charge in [-0.3, -0.25) is 0 Å². The number of aromatic nitrogens is 3.